The Morgan fingerprint density at radius 1 is 1.00 bits per heavy atom. The molecule has 1 heterocycles. The molecule has 2 aromatic carbocycles. The lowest BCUT2D eigenvalue weighted by atomic mass is 9.98. The van der Waals surface area contributed by atoms with E-state index in [4.69, 9.17) is 4.52 Å². The summed E-state index contributed by atoms with van der Waals surface area (Å²) >= 11 is 0. The summed E-state index contributed by atoms with van der Waals surface area (Å²) in [5.41, 5.74) is 4.64. The summed E-state index contributed by atoms with van der Waals surface area (Å²) in [6.07, 6.45) is 0. The molecule has 0 saturated heterocycles. The SMILES string of the molecule is Cc1cc(C)c2c(c1)-c1ccc(C)cc1P(=O)(O)O2. The highest BCUT2D eigenvalue weighted by molar-refractivity contribution is 7.62. The van der Waals surface area contributed by atoms with Crippen LogP contribution in [0.1, 0.15) is 16.7 Å². The summed E-state index contributed by atoms with van der Waals surface area (Å²) in [7, 11) is -3.78. The lowest BCUT2D eigenvalue weighted by Gasteiger charge is -2.26. The fourth-order valence-electron chi connectivity index (χ4n) is 2.55. The van der Waals surface area contributed by atoms with Crippen LogP contribution in [0.5, 0.6) is 5.75 Å². The highest BCUT2D eigenvalue weighted by Gasteiger charge is 2.35. The van der Waals surface area contributed by atoms with E-state index >= 15 is 0 Å². The van der Waals surface area contributed by atoms with Gasteiger partial charge in [0.25, 0.3) is 0 Å². The third-order valence-electron chi connectivity index (χ3n) is 3.38. The maximum atomic E-state index is 12.3. The summed E-state index contributed by atoms with van der Waals surface area (Å²) < 4.78 is 17.7. The van der Waals surface area contributed by atoms with Gasteiger partial charge in [-0.2, -0.15) is 0 Å². The van der Waals surface area contributed by atoms with Crippen LogP contribution in [0.3, 0.4) is 0 Å². The van der Waals surface area contributed by atoms with E-state index in [2.05, 4.69) is 0 Å². The van der Waals surface area contributed by atoms with Gasteiger partial charge in [-0.1, -0.05) is 23.8 Å². The molecule has 0 bridgehead atoms. The molecule has 0 fully saturated rings. The van der Waals surface area contributed by atoms with Crippen molar-refractivity contribution < 1.29 is 14.0 Å². The average Bonchev–Trinajstić information content (AvgIpc) is 2.31. The number of hydrogen-bond acceptors (Lipinski definition) is 2. The van der Waals surface area contributed by atoms with E-state index in [9.17, 15) is 9.46 Å². The van der Waals surface area contributed by atoms with Gasteiger partial charge >= 0.3 is 7.60 Å². The van der Waals surface area contributed by atoms with E-state index in [0.717, 1.165) is 27.8 Å². The van der Waals surface area contributed by atoms with Crippen molar-refractivity contribution in [2.75, 3.05) is 0 Å². The van der Waals surface area contributed by atoms with Crippen molar-refractivity contribution >= 4 is 12.9 Å². The molecule has 4 heteroatoms. The Hall–Kier alpha value is -1.57. The lowest BCUT2D eigenvalue weighted by molar-refractivity contribution is 0.391. The van der Waals surface area contributed by atoms with Crippen LogP contribution in [0.25, 0.3) is 11.1 Å². The fourth-order valence-corrected chi connectivity index (χ4v) is 4.01. The minimum absolute atomic E-state index is 0.394. The quantitative estimate of drug-likeness (QED) is 0.748. The van der Waals surface area contributed by atoms with Gasteiger partial charge in [0.05, 0.1) is 5.30 Å². The Labute approximate surface area is 112 Å². The monoisotopic (exact) mass is 274 g/mol. The molecular formula is C15H15O3P. The van der Waals surface area contributed by atoms with E-state index in [1.165, 1.54) is 0 Å². The Morgan fingerprint density at radius 3 is 2.47 bits per heavy atom. The maximum Gasteiger partial charge on any atom is 0.408 e. The molecule has 0 amide bonds. The van der Waals surface area contributed by atoms with Crippen molar-refractivity contribution in [3.63, 3.8) is 0 Å². The van der Waals surface area contributed by atoms with E-state index < -0.39 is 7.60 Å². The Morgan fingerprint density at radius 2 is 1.74 bits per heavy atom. The summed E-state index contributed by atoms with van der Waals surface area (Å²) in [6, 6.07) is 9.53. The van der Waals surface area contributed by atoms with E-state index in [0.29, 0.717) is 11.1 Å². The predicted octanol–water partition coefficient (Wildman–Crippen LogP) is 3.48. The topological polar surface area (TPSA) is 46.5 Å². The standard InChI is InChI=1S/C15H15O3P/c1-9-4-5-12-13-7-10(2)6-11(3)15(13)18-19(16,17)14(12)8-9/h4-8H,1-3H3,(H,16,17). The molecule has 1 N–H and O–H groups in total. The van der Waals surface area contributed by atoms with Gasteiger partial charge in [0.2, 0.25) is 0 Å². The fraction of sp³-hybridized carbons (Fsp3) is 0.200. The van der Waals surface area contributed by atoms with E-state index in [1.54, 1.807) is 6.07 Å². The third kappa shape index (κ3) is 1.90. The zero-order valence-corrected chi connectivity index (χ0v) is 12.0. The molecular weight excluding hydrogens is 259 g/mol. The van der Waals surface area contributed by atoms with Gasteiger partial charge in [0.1, 0.15) is 5.75 Å². The van der Waals surface area contributed by atoms with Gasteiger partial charge in [-0.05, 0) is 44.0 Å². The Kier molecular flexibility index (Phi) is 2.60. The van der Waals surface area contributed by atoms with Crippen molar-refractivity contribution in [3.8, 4) is 16.9 Å². The molecule has 3 rings (SSSR count). The van der Waals surface area contributed by atoms with Gasteiger partial charge in [0.15, 0.2) is 0 Å². The molecule has 3 nitrogen and oxygen atoms in total. The second-order valence-corrected chi connectivity index (χ2v) is 6.80. The summed E-state index contributed by atoms with van der Waals surface area (Å²) in [6.45, 7) is 5.80. The highest BCUT2D eigenvalue weighted by atomic mass is 31.2. The average molecular weight is 274 g/mol. The van der Waals surface area contributed by atoms with Crippen molar-refractivity contribution in [1.82, 2.24) is 0 Å². The normalized spacial score (nSPS) is 20.4. The summed E-state index contributed by atoms with van der Waals surface area (Å²) in [5.74, 6) is 0.521. The third-order valence-corrected chi connectivity index (χ3v) is 4.79. The van der Waals surface area contributed by atoms with Crippen LogP contribution < -0.4 is 9.83 Å². The highest BCUT2D eigenvalue weighted by Crippen LogP contribution is 2.53. The first kappa shape index (κ1) is 12.5. The number of benzene rings is 2. The molecule has 1 unspecified atom stereocenters. The van der Waals surface area contributed by atoms with Crippen molar-refractivity contribution in [1.29, 1.82) is 0 Å². The number of fused-ring (bicyclic) bond motifs is 3. The second-order valence-electron chi connectivity index (χ2n) is 5.09. The van der Waals surface area contributed by atoms with Gasteiger partial charge in [0, 0.05) is 11.1 Å². The number of aryl methyl sites for hydroxylation is 3. The molecule has 98 valence electrons. The van der Waals surface area contributed by atoms with Crippen LogP contribution in [-0.4, -0.2) is 4.89 Å². The second kappa shape index (κ2) is 3.96. The van der Waals surface area contributed by atoms with Crippen LogP contribution in [-0.2, 0) is 4.57 Å². The summed E-state index contributed by atoms with van der Waals surface area (Å²) in [4.78, 5) is 10.1. The molecule has 2 aromatic rings. The first-order valence-electron chi connectivity index (χ1n) is 6.14. The van der Waals surface area contributed by atoms with Crippen LogP contribution in [0.2, 0.25) is 0 Å². The smallest absolute Gasteiger partial charge is 0.408 e. The molecule has 0 spiro atoms. The van der Waals surface area contributed by atoms with Crippen molar-refractivity contribution in [2.45, 2.75) is 20.8 Å². The van der Waals surface area contributed by atoms with Crippen LogP contribution in [0.15, 0.2) is 30.3 Å². The number of rotatable bonds is 0. The molecule has 1 aliphatic heterocycles. The van der Waals surface area contributed by atoms with Crippen LogP contribution in [0, 0.1) is 20.8 Å². The van der Waals surface area contributed by atoms with Crippen LogP contribution in [0.4, 0.5) is 0 Å². The van der Waals surface area contributed by atoms with Gasteiger partial charge < -0.3 is 9.42 Å². The first-order valence-corrected chi connectivity index (χ1v) is 7.71. The molecule has 0 saturated carbocycles. The molecule has 19 heavy (non-hydrogen) atoms. The largest absolute Gasteiger partial charge is 0.420 e. The van der Waals surface area contributed by atoms with Gasteiger partial charge in [-0.3, -0.25) is 0 Å². The minimum Gasteiger partial charge on any atom is -0.420 e. The van der Waals surface area contributed by atoms with Gasteiger partial charge in [-0.25, -0.2) is 4.57 Å². The zero-order valence-electron chi connectivity index (χ0n) is 11.1. The predicted molar refractivity (Wildman–Crippen MR) is 76.2 cm³/mol. The molecule has 1 atom stereocenters. The maximum absolute atomic E-state index is 12.3. The molecule has 0 aliphatic carbocycles. The summed E-state index contributed by atoms with van der Waals surface area (Å²) in [5, 5.41) is 0.394. The lowest BCUT2D eigenvalue weighted by Crippen LogP contribution is -2.18. The molecule has 0 radical (unpaired) electrons. The Bertz CT molecular complexity index is 734. The van der Waals surface area contributed by atoms with Crippen molar-refractivity contribution in [2.24, 2.45) is 0 Å². The first-order chi connectivity index (χ1) is 8.88. The van der Waals surface area contributed by atoms with Crippen molar-refractivity contribution in [3.05, 3.63) is 47.0 Å². The van der Waals surface area contributed by atoms with E-state index in [1.807, 2.05) is 45.0 Å². The molecule has 0 aromatic heterocycles. The zero-order chi connectivity index (χ0) is 13.8. The minimum atomic E-state index is -3.78. The molecule has 1 aliphatic rings. The number of hydrogen-bond donors (Lipinski definition) is 1. The Balaban J connectivity index is 2.40. The van der Waals surface area contributed by atoms with Gasteiger partial charge in [-0.15, -0.1) is 0 Å². The van der Waals surface area contributed by atoms with Crippen LogP contribution >= 0.6 is 7.60 Å². The van der Waals surface area contributed by atoms with E-state index in [-0.39, 0.29) is 0 Å².